The lowest BCUT2D eigenvalue weighted by Gasteiger charge is -2.17. The molecule has 1 aromatic rings. The molecule has 0 saturated carbocycles. The molecule has 1 unspecified atom stereocenters. The van der Waals surface area contributed by atoms with Gasteiger partial charge in [0, 0.05) is 31.2 Å². The minimum absolute atomic E-state index is 0.182. The number of likely N-dealkylation sites (N-methyl/N-ethyl adjacent to an activating group) is 1. The van der Waals surface area contributed by atoms with E-state index in [4.69, 9.17) is 5.73 Å². The lowest BCUT2D eigenvalue weighted by Crippen LogP contribution is -2.35. The fourth-order valence-corrected chi connectivity index (χ4v) is 1.93. The van der Waals surface area contributed by atoms with E-state index in [1.165, 1.54) is 5.69 Å². The number of rotatable bonds is 6. The molecule has 0 radical (unpaired) electrons. The van der Waals surface area contributed by atoms with Crippen molar-refractivity contribution in [2.75, 3.05) is 20.6 Å². The highest BCUT2D eigenvalue weighted by atomic mass is 15.3. The maximum absolute atomic E-state index is 6.10. The third-order valence-electron chi connectivity index (χ3n) is 2.65. The van der Waals surface area contributed by atoms with Gasteiger partial charge in [-0.1, -0.05) is 6.92 Å². The summed E-state index contributed by atoms with van der Waals surface area (Å²) in [6.07, 6.45) is 1.89. The van der Waals surface area contributed by atoms with E-state index < -0.39 is 0 Å². The van der Waals surface area contributed by atoms with Gasteiger partial charge in [-0.3, -0.25) is 4.68 Å². The van der Waals surface area contributed by atoms with Crippen LogP contribution in [0.5, 0.6) is 0 Å². The molecule has 0 aliphatic carbocycles. The molecule has 0 aliphatic rings. The zero-order chi connectivity index (χ0) is 12.1. The second-order valence-corrected chi connectivity index (χ2v) is 4.52. The summed E-state index contributed by atoms with van der Waals surface area (Å²) in [4.78, 5) is 2.12. The largest absolute Gasteiger partial charge is 0.326 e. The minimum atomic E-state index is 0.182. The molecule has 0 aliphatic heterocycles. The van der Waals surface area contributed by atoms with Gasteiger partial charge in [0.15, 0.2) is 0 Å². The summed E-state index contributed by atoms with van der Waals surface area (Å²) in [5.74, 6) is 0. The van der Waals surface area contributed by atoms with E-state index in [0.29, 0.717) is 0 Å². The summed E-state index contributed by atoms with van der Waals surface area (Å²) >= 11 is 0. The molecule has 0 fully saturated rings. The van der Waals surface area contributed by atoms with E-state index in [1.807, 2.05) is 0 Å². The van der Waals surface area contributed by atoms with Gasteiger partial charge in [-0.25, -0.2) is 0 Å². The number of hydrogen-bond donors (Lipinski definition) is 1. The van der Waals surface area contributed by atoms with Crippen molar-refractivity contribution in [2.24, 2.45) is 5.73 Å². The SMILES string of the molecule is CCc1cc(CC(N)CN(C)C)n(CC)n1. The average molecular weight is 224 g/mol. The van der Waals surface area contributed by atoms with E-state index in [2.05, 4.69) is 48.7 Å². The molecule has 0 saturated heterocycles. The standard InChI is InChI=1S/C12H24N4/c1-5-11-8-12(16(6-2)14-11)7-10(13)9-15(3)4/h8,10H,5-7,9,13H2,1-4H3. The van der Waals surface area contributed by atoms with Crippen LogP contribution in [-0.4, -0.2) is 41.4 Å². The lowest BCUT2D eigenvalue weighted by molar-refractivity contribution is 0.367. The quantitative estimate of drug-likeness (QED) is 0.781. The van der Waals surface area contributed by atoms with Crippen LogP contribution in [0.3, 0.4) is 0 Å². The molecule has 0 spiro atoms. The Morgan fingerprint density at radius 2 is 2.12 bits per heavy atom. The smallest absolute Gasteiger partial charge is 0.0624 e. The minimum Gasteiger partial charge on any atom is -0.326 e. The van der Waals surface area contributed by atoms with E-state index in [1.54, 1.807) is 0 Å². The molecule has 0 amide bonds. The molecule has 16 heavy (non-hydrogen) atoms. The summed E-state index contributed by atoms with van der Waals surface area (Å²) in [6.45, 7) is 6.08. The van der Waals surface area contributed by atoms with Crippen LogP contribution >= 0.6 is 0 Å². The predicted molar refractivity (Wildman–Crippen MR) is 67.5 cm³/mol. The number of hydrogen-bond acceptors (Lipinski definition) is 3. The summed E-state index contributed by atoms with van der Waals surface area (Å²) in [5, 5.41) is 4.53. The third kappa shape index (κ3) is 3.61. The van der Waals surface area contributed by atoms with E-state index in [0.717, 1.165) is 31.6 Å². The van der Waals surface area contributed by atoms with Crippen LogP contribution in [0, 0.1) is 0 Å². The van der Waals surface area contributed by atoms with Crippen LogP contribution in [0.25, 0.3) is 0 Å². The van der Waals surface area contributed by atoms with Gasteiger partial charge in [0.05, 0.1) is 5.69 Å². The highest BCUT2D eigenvalue weighted by Gasteiger charge is 2.11. The maximum atomic E-state index is 6.10. The molecule has 4 nitrogen and oxygen atoms in total. The topological polar surface area (TPSA) is 47.1 Å². The normalized spacial score (nSPS) is 13.4. The first kappa shape index (κ1) is 13.2. The van der Waals surface area contributed by atoms with Crippen molar-refractivity contribution in [3.05, 3.63) is 17.5 Å². The highest BCUT2D eigenvalue weighted by molar-refractivity contribution is 5.11. The van der Waals surface area contributed by atoms with Crippen molar-refractivity contribution in [1.82, 2.24) is 14.7 Å². The Balaban J connectivity index is 2.67. The average Bonchev–Trinajstić information content (AvgIpc) is 2.59. The van der Waals surface area contributed by atoms with Crippen molar-refractivity contribution >= 4 is 0 Å². The summed E-state index contributed by atoms with van der Waals surface area (Å²) in [5.41, 5.74) is 8.52. The summed E-state index contributed by atoms with van der Waals surface area (Å²) in [7, 11) is 4.10. The fourth-order valence-electron chi connectivity index (χ4n) is 1.93. The molecule has 1 atom stereocenters. The highest BCUT2D eigenvalue weighted by Crippen LogP contribution is 2.08. The van der Waals surface area contributed by atoms with Gasteiger partial charge >= 0.3 is 0 Å². The number of aromatic nitrogens is 2. The zero-order valence-electron chi connectivity index (χ0n) is 10.9. The first-order valence-electron chi connectivity index (χ1n) is 6.02. The van der Waals surface area contributed by atoms with Crippen LogP contribution in [0.4, 0.5) is 0 Å². The van der Waals surface area contributed by atoms with E-state index >= 15 is 0 Å². The van der Waals surface area contributed by atoms with Gasteiger partial charge in [0.1, 0.15) is 0 Å². The van der Waals surface area contributed by atoms with Crippen molar-refractivity contribution in [1.29, 1.82) is 0 Å². The van der Waals surface area contributed by atoms with Crippen LogP contribution in [-0.2, 0) is 19.4 Å². The van der Waals surface area contributed by atoms with Gasteiger partial charge in [-0.2, -0.15) is 5.10 Å². The van der Waals surface area contributed by atoms with Gasteiger partial charge < -0.3 is 10.6 Å². The number of aryl methyl sites for hydroxylation is 2. The predicted octanol–water partition coefficient (Wildman–Crippen LogP) is 0.897. The monoisotopic (exact) mass is 224 g/mol. The number of nitrogens with zero attached hydrogens (tertiary/aromatic N) is 3. The van der Waals surface area contributed by atoms with Crippen molar-refractivity contribution in [3.63, 3.8) is 0 Å². The Bertz CT molecular complexity index is 317. The second kappa shape index (κ2) is 6.01. The second-order valence-electron chi connectivity index (χ2n) is 4.52. The van der Waals surface area contributed by atoms with Crippen LogP contribution < -0.4 is 5.73 Å². The molecular formula is C12H24N4. The molecule has 0 bridgehead atoms. The van der Waals surface area contributed by atoms with Gasteiger partial charge in [0.2, 0.25) is 0 Å². The Labute approximate surface area is 98.4 Å². The molecule has 2 N–H and O–H groups in total. The lowest BCUT2D eigenvalue weighted by atomic mass is 10.1. The summed E-state index contributed by atoms with van der Waals surface area (Å²) in [6, 6.07) is 2.36. The first-order chi connectivity index (χ1) is 7.56. The zero-order valence-corrected chi connectivity index (χ0v) is 10.9. The Morgan fingerprint density at radius 3 is 2.62 bits per heavy atom. The molecule has 92 valence electrons. The van der Waals surface area contributed by atoms with Gasteiger partial charge in [-0.05, 0) is 33.5 Å². The number of nitrogens with two attached hydrogens (primary N) is 1. The molecule has 1 rings (SSSR count). The Kier molecular flexibility index (Phi) is 4.96. The third-order valence-corrected chi connectivity index (χ3v) is 2.65. The van der Waals surface area contributed by atoms with Crippen molar-refractivity contribution < 1.29 is 0 Å². The van der Waals surface area contributed by atoms with Crippen LogP contribution in [0.1, 0.15) is 25.2 Å². The van der Waals surface area contributed by atoms with Crippen LogP contribution in [0.15, 0.2) is 6.07 Å². The van der Waals surface area contributed by atoms with Gasteiger partial charge in [-0.15, -0.1) is 0 Å². The molecular weight excluding hydrogens is 200 g/mol. The van der Waals surface area contributed by atoms with E-state index in [-0.39, 0.29) is 6.04 Å². The Hall–Kier alpha value is -0.870. The van der Waals surface area contributed by atoms with E-state index in [9.17, 15) is 0 Å². The summed E-state index contributed by atoms with van der Waals surface area (Å²) < 4.78 is 2.06. The van der Waals surface area contributed by atoms with Crippen molar-refractivity contribution in [2.45, 2.75) is 39.3 Å². The fraction of sp³-hybridized carbons (Fsp3) is 0.750. The van der Waals surface area contributed by atoms with Gasteiger partial charge in [0.25, 0.3) is 0 Å². The van der Waals surface area contributed by atoms with Crippen LogP contribution in [0.2, 0.25) is 0 Å². The first-order valence-corrected chi connectivity index (χ1v) is 6.02. The van der Waals surface area contributed by atoms with Crippen molar-refractivity contribution in [3.8, 4) is 0 Å². The Morgan fingerprint density at radius 1 is 1.44 bits per heavy atom. The molecule has 0 aromatic carbocycles. The molecule has 1 heterocycles. The maximum Gasteiger partial charge on any atom is 0.0624 e. The molecule has 4 heteroatoms. The molecule has 1 aromatic heterocycles.